The lowest BCUT2D eigenvalue weighted by Gasteiger charge is -2.09. The fourth-order valence-electron chi connectivity index (χ4n) is 2.98. The molecule has 0 aliphatic heterocycles. The maximum Gasteiger partial charge on any atom is 0.230 e. The number of hydrogen-bond donors (Lipinski definition) is 1. The molecular formula is C24H25N3O3S. The van der Waals surface area contributed by atoms with Crippen LogP contribution in [-0.2, 0) is 29.0 Å². The van der Waals surface area contributed by atoms with Gasteiger partial charge in [-0.2, -0.15) is 5.26 Å². The highest BCUT2D eigenvalue weighted by Gasteiger charge is 2.13. The number of aromatic nitrogens is 1. The zero-order valence-electron chi connectivity index (χ0n) is 17.6. The van der Waals surface area contributed by atoms with Crippen molar-refractivity contribution >= 4 is 22.9 Å². The predicted molar refractivity (Wildman–Crippen MR) is 121 cm³/mol. The monoisotopic (exact) mass is 435 g/mol. The molecule has 1 aromatic heterocycles. The van der Waals surface area contributed by atoms with Crippen LogP contribution in [0.25, 0.3) is 0 Å². The minimum absolute atomic E-state index is 0.0639. The number of nitriles is 1. The molecule has 1 heterocycles. The van der Waals surface area contributed by atoms with Crippen molar-refractivity contribution in [3.63, 3.8) is 0 Å². The van der Waals surface area contributed by atoms with Crippen LogP contribution in [0.4, 0.5) is 5.69 Å². The molecule has 0 bridgehead atoms. The van der Waals surface area contributed by atoms with Gasteiger partial charge in [-0.3, -0.25) is 4.79 Å². The Morgan fingerprint density at radius 1 is 1.23 bits per heavy atom. The summed E-state index contributed by atoms with van der Waals surface area (Å²) in [5.41, 5.74) is 3.36. The molecule has 2 aromatic carbocycles. The Labute approximate surface area is 186 Å². The molecule has 3 rings (SSSR count). The van der Waals surface area contributed by atoms with Crippen LogP contribution in [0.1, 0.15) is 41.8 Å². The second-order valence-electron chi connectivity index (χ2n) is 6.97. The highest BCUT2D eigenvalue weighted by Crippen LogP contribution is 2.22. The van der Waals surface area contributed by atoms with Gasteiger partial charge < -0.3 is 14.8 Å². The number of anilines is 1. The third-order valence-electron chi connectivity index (χ3n) is 4.50. The number of rotatable bonds is 10. The van der Waals surface area contributed by atoms with Gasteiger partial charge in [0.15, 0.2) is 0 Å². The molecular weight excluding hydrogens is 410 g/mol. The van der Waals surface area contributed by atoms with E-state index in [0.29, 0.717) is 25.3 Å². The molecule has 0 aliphatic rings. The van der Waals surface area contributed by atoms with Crippen molar-refractivity contribution in [2.75, 3.05) is 11.9 Å². The van der Waals surface area contributed by atoms with Crippen LogP contribution in [0.15, 0.2) is 53.9 Å². The molecule has 7 heteroatoms. The average Bonchev–Trinajstić information content (AvgIpc) is 3.22. The van der Waals surface area contributed by atoms with Gasteiger partial charge in [0.2, 0.25) is 5.91 Å². The van der Waals surface area contributed by atoms with E-state index in [-0.39, 0.29) is 18.4 Å². The van der Waals surface area contributed by atoms with E-state index in [9.17, 15) is 4.79 Å². The molecule has 1 amide bonds. The normalized spacial score (nSPS) is 11.5. The predicted octanol–water partition coefficient (Wildman–Crippen LogP) is 5.07. The number of nitrogens with zero attached hydrogens (tertiary/aromatic N) is 2. The van der Waals surface area contributed by atoms with E-state index in [4.69, 9.17) is 14.7 Å². The third kappa shape index (κ3) is 6.92. The summed E-state index contributed by atoms with van der Waals surface area (Å²) in [4.78, 5) is 16.9. The number of amides is 1. The topological polar surface area (TPSA) is 84.2 Å². The number of benzene rings is 2. The van der Waals surface area contributed by atoms with Crippen molar-refractivity contribution in [3.8, 4) is 11.8 Å². The first-order valence-electron chi connectivity index (χ1n) is 10.1. The Kier molecular flexibility index (Phi) is 8.16. The molecule has 0 spiro atoms. The first kappa shape index (κ1) is 22.5. The highest BCUT2D eigenvalue weighted by atomic mass is 32.1. The van der Waals surface area contributed by atoms with Gasteiger partial charge in [0.1, 0.15) is 23.5 Å². The van der Waals surface area contributed by atoms with Crippen LogP contribution < -0.4 is 10.1 Å². The fraction of sp³-hybridized carbons (Fsp3) is 0.292. The Morgan fingerprint density at radius 2 is 2.03 bits per heavy atom. The van der Waals surface area contributed by atoms with E-state index >= 15 is 0 Å². The van der Waals surface area contributed by atoms with E-state index in [1.54, 1.807) is 0 Å². The Bertz CT molecular complexity index is 1040. The van der Waals surface area contributed by atoms with Crippen molar-refractivity contribution < 1.29 is 14.3 Å². The number of thiazole rings is 1. The summed E-state index contributed by atoms with van der Waals surface area (Å²) in [6.45, 7) is 4.92. The van der Waals surface area contributed by atoms with Crippen LogP contribution >= 0.6 is 11.3 Å². The molecule has 0 saturated carbocycles. The van der Waals surface area contributed by atoms with Crippen LogP contribution in [-0.4, -0.2) is 17.5 Å². The van der Waals surface area contributed by atoms with Gasteiger partial charge >= 0.3 is 0 Å². The van der Waals surface area contributed by atoms with Gasteiger partial charge in [-0.1, -0.05) is 24.3 Å². The molecule has 160 valence electrons. The smallest absolute Gasteiger partial charge is 0.230 e. The summed E-state index contributed by atoms with van der Waals surface area (Å²) >= 11 is 1.51. The Morgan fingerprint density at radius 3 is 2.77 bits per heavy atom. The lowest BCUT2D eigenvalue weighted by molar-refractivity contribution is -0.115. The van der Waals surface area contributed by atoms with Crippen molar-refractivity contribution in [1.29, 1.82) is 5.26 Å². The van der Waals surface area contributed by atoms with E-state index < -0.39 is 0 Å². The highest BCUT2D eigenvalue weighted by molar-refractivity contribution is 7.09. The summed E-state index contributed by atoms with van der Waals surface area (Å²) in [6.07, 6.45) is 0.534. The lowest BCUT2D eigenvalue weighted by Crippen LogP contribution is -2.15. The molecule has 1 atom stereocenters. The largest absolute Gasteiger partial charge is 0.489 e. The average molecular weight is 436 g/mol. The van der Waals surface area contributed by atoms with Crippen LogP contribution in [0.5, 0.6) is 5.75 Å². The van der Waals surface area contributed by atoms with Gasteiger partial charge in [0.05, 0.1) is 24.6 Å². The number of carbonyl (C=O) groups is 1. The Balaban J connectivity index is 1.52. The molecule has 0 fully saturated rings. The van der Waals surface area contributed by atoms with Gasteiger partial charge in [0.25, 0.3) is 0 Å². The zero-order valence-corrected chi connectivity index (χ0v) is 18.4. The standard InChI is InChI=1S/C24H25N3O3S/c1-3-29-17(2)24-27-21(16-31-24)14-23(28)26-20-6-4-5-19(13-20)15-30-22-9-7-18(8-10-22)11-12-25/h4-10,13,16-17H,3,11,14-15H2,1-2H3,(H,26,28). The quantitative estimate of drug-likeness (QED) is 0.481. The second-order valence-corrected chi connectivity index (χ2v) is 7.86. The maximum absolute atomic E-state index is 12.4. The Hall–Kier alpha value is -3.21. The number of hydrogen-bond acceptors (Lipinski definition) is 6. The summed E-state index contributed by atoms with van der Waals surface area (Å²) in [5.74, 6) is 0.615. The summed E-state index contributed by atoms with van der Waals surface area (Å²) in [7, 11) is 0. The van der Waals surface area contributed by atoms with E-state index in [1.807, 2.05) is 67.8 Å². The molecule has 6 nitrogen and oxygen atoms in total. The van der Waals surface area contributed by atoms with E-state index in [0.717, 1.165) is 27.6 Å². The number of ether oxygens (including phenoxy) is 2. The van der Waals surface area contributed by atoms with Crippen molar-refractivity contribution in [2.45, 2.75) is 39.4 Å². The van der Waals surface area contributed by atoms with Crippen molar-refractivity contribution in [2.24, 2.45) is 0 Å². The first-order chi connectivity index (χ1) is 15.1. The minimum atomic E-state index is -0.118. The number of carbonyl (C=O) groups excluding carboxylic acids is 1. The third-order valence-corrected chi connectivity index (χ3v) is 5.55. The summed E-state index contributed by atoms with van der Waals surface area (Å²) in [5, 5.41) is 14.4. The van der Waals surface area contributed by atoms with E-state index in [2.05, 4.69) is 16.4 Å². The SMILES string of the molecule is CCOC(C)c1nc(CC(=O)Nc2cccc(COc3ccc(CC#N)cc3)c2)cs1. The molecule has 0 saturated heterocycles. The van der Waals surface area contributed by atoms with Gasteiger partial charge in [-0.15, -0.1) is 11.3 Å². The van der Waals surface area contributed by atoms with E-state index in [1.165, 1.54) is 11.3 Å². The summed E-state index contributed by atoms with van der Waals surface area (Å²) < 4.78 is 11.4. The van der Waals surface area contributed by atoms with Gasteiger partial charge in [-0.25, -0.2) is 4.98 Å². The van der Waals surface area contributed by atoms with Crippen molar-refractivity contribution in [1.82, 2.24) is 4.98 Å². The molecule has 3 aromatic rings. The number of nitrogens with one attached hydrogen (secondary N) is 1. The maximum atomic E-state index is 12.4. The lowest BCUT2D eigenvalue weighted by atomic mass is 10.1. The molecule has 0 radical (unpaired) electrons. The van der Waals surface area contributed by atoms with Crippen LogP contribution in [0.3, 0.4) is 0 Å². The fourth-order valence-corrected chi connectivity index (χ4v) is 3.80. The van der Waals surface area contributed by atoms with Gasteiger partial charge in [-0.05, 0) is 49.2 Å². The minimum Gasteiger partial charge on any atom is -0.489 e. The summed E-state index contributed by atoms with van der Waals surface area (Å²) in [6, 6.07) is 17.2. The van der Waals surface area contributed by atoms with Crippen LogP contribution in [0, 0.1) is 11.3 Å². The first-order valence-corrected chi connectivity index (χ1v) is 11.0. The molecule has 1 unspecified atom stereocenters. The zero-order chi connectivity index (χ0) is 22.1. The second kappa shape index (κ2) is 11.3. The molecule has 31 heavy (non-hydrogen) atoms. The molecule has 0 aliphatic carbocycles. The van der Waals surface area contributed by atoms with Crippen LogP contribution in [0.2, 0.25) is 0 Å². The van der Waals surface area contributed by atoms with Crippen molar-refractivity contribution in [3.05, 3.63) is 75.7 Å². The van der Waals surface area contributed by atoms with Gasteiger partial charge in [0, 0.05) is 17.7 Å². The molecule has 1 N–H and O–H groups in total.